The van der Waals surface area contributed by atoms with Gasteiger partial charge in [-0.25, -0.2) is 0 Å². The van der Waals surface area contributed by atoms with Gasteiger partial charge >= 0.3 is 0 Å². The van der Waals surface area contributed by atoms with Gasteiger partial charge in [-0.05, 0) is 49.0 Å². The molecule has 7 nitrogen and oxygen atoms in total. The minimum Gasteiger partial charge on any atom is -0.367 e. The van der Waals surface area contributed by atoms with Crippen molar-refractivity contribution in [1.82, 2.24) is 24.4 Å². The van der Waals surface area contributed by atoms with Gasteiger partial charge in [0.1, 0.15) is 0 Å². The molecule has 0 unspecified atom stereocenters. The first-order valence-electron chi connectivity index (χ1n) is 11.6. The zero-order valence-corrected chi connectivity index (χ0v) is 19.4. The summed E-state index contributed by atoms with van der Waals surface area (Å²) in [5.74, 6) is 0. The molecule has 1 fully saturated rings. The third-order valence-electron chi connectivity index (χ3n) is 6.69. The Hall–Kier alpha value is -3.97. The van der Waals surface area contributed by atoms with E-state index >= 15 is 0 Å². The van der Waals surface area contributed by atoms with Gasteiger partial charge in [0, 0.05) is 80.2 Å². The van der Waals surface area contributed by atoms with Crippen LogP contribution in [0.5, 0.6) is 0 Å². The van der Waals surface area contributed by atoms with Crippen LogP contribution in [0.2, 0.25) is 0 Å². The molecular formula is C27H27N7. The highest BCUT2D eigenvalue weighted by Gasteiger charge is 2.18. The lowest BCUT2D eigenvalue weighted by Crippen LogP contribution is -2.44. The minimum atomic E-state index is 0.862. The molecule has 6 rings (SSSR count). The normalized spacial score (nSPS) is 14.7. The topological polar surface area (TPSA) is 62.1 Å². The Morgan fingerprint density at radius 2 is 1.71 bits per heavy atom. The molecule has 7 heteroatoms. The third kappa shape index (κ3) is 3.74. The second-order valence-corrected chi connectivity index (χ2v) is 8.96. The van der Waals surface area contributed by atoms with Crippen molar-refractivity contribution in [2.24, 2.45) is 7.05 Å². The Morgan fingerprint density at radius 3 is 2.59 bits per heavy atom. The average molecular weight is 450 g/mol. The van der Waals surface area contributed by atoms with Crippen LogP contribution in [0.25, 0.3) is 33.1 Å². The molecular weight excluding hydrogens is 422 g/mol. The van der Waals surface area contributed by atoms with E-state index in [0.29, 0.717) is 0 Å². The van der Waals surface area contributed by atoms with Crippen molar-refractivity contribution >= 4 is 39.0 Å². The molecule has 1 saturated heterocycles. The number of nitrogens with zero attached hydrogens (tertiary/aromatic N) is 6. The maximum atomic E-state index is 4.67. The van der Waals surface area contributed by atoms with Crippen molar-refractivity contribution in [2.75, 3.05) is 43.4 Å². The fourth-order valence-corrected chi connectivity index (χ4v) is 4.78. The molecule has 34 heavy (non-hydrogen) atoms. The van der Waals surface area contributed by atoms with E-state index in [2.05, 4.69) is 97.4 Å². The summed E-state index contributed by atoms with van der Waals surface area (Å²) in [6.45, 7) is 4.11. The number of aryl methyl sites for hydroxylation is 1. The Bertz CT molecular complexity index is 1480. The van der Waals surface area contributed by atoms with E-state index in [1.807, 2.05) is 12.4 Å². The van der Waals surface area contributed by atoms with Crippen molar-refractivity contribution < 1.29 is 0 Å². The van der Waals surface area contributed by atoms with E-state index in [-0.39, 0.29) is 0 Å². The highest BCUT2D eigenvalue weighted by Crippen LogP contribution is 2.35. The number of piperazine rings is 1. The van der Waals surface area contributed by atoms with E-state index in [1.165, 1.54) is 16.6 Å². The number of benzene rings is 2. The van der Waals surface area contributed by atoms with E-state index < -0.39 is 0 Å². The van der Waals surface area contributed by atoms with Crippen LogP contribution >= 0.6 is 0 Å². The average Bonchev–Trinajstić information content (AvgIpc) is 3.24. The van der Waals surface area contributed by atoms with Gasteiger partial charge in [-0.2, -0.15) is 0 Å². The van der Waals surface area contributed by atoms with Gasteiger partial charge in [0.25, 0.3) is 0 Å². The Morgan fingerprint density at radius 1 is 0.853 bits per heavy atom. The molecule has 0 amide bonds. The molecule has 170 valence electrons. The van der Waals surface area contributed by atoms with Crippen molar-refractivity contribution in [3.8, 4) is 11.1 Å². The monoisotopic (exact) mass is 449 g/mol. The summed E-state index contributed by atoms with van der Waals surface area (Å²) in [6.07, 6.45) is 9.37. The van der Waals surface area contributed by atoms with Gasteiger partial charge in [0.2, 0.25) is 0 Å². The zero-order chi connectivity index (χ0) is 23.1. The first-order valence-corrected chi connectivity index (χ1v) is 11.6. The molecule has 0 atom stereocenters. The number of hydrogen-bond donors (Lipinski definition) is 1. The van der Waals surface area contributed by atoms with Crippen LogP contribution in [0.1, 0.15) is 0 Å². The molecule has 0 spiro atoms. The van der Waals surface area contributed by atoms with Crippen LogP contribution < -0.4 is 10.2 Å². The summed E-state index contributed by atoms with van der Waals surface area (Å²) >= 11 is 0. The summed E-state index contributed by atoms with van der Waals surface area (Å²) in [5.41, 5.74) is 8.30. The molecule has 4 heterocycles. The Labute approximate surface area is 198 Å². The number of hydrogen-bond acceptors (Lipinski definition) is 6. The first-order chi connectivity index (χ1) is 16.7. The molecule has 5 aromatic rings. The maximum absolute atomic E-state index is 4.67. The molecule has 0 radical (unpaired) electrons. The standard InChI is InChI=1S/C27H27N7/c1-32-11-13-34(14-12-32)26-5-7-28-18-24(26)31-21-16-22(27-23(17-21)29-8-9-30-27)19-3-4-25-20(15-19)6-10-33(25)2/h3-10,15-18,31H,11-14H2,1-2H3. The Balaban J connectivity index is 1.42. The predicted octanol–water partition coefficient (Wildman–Crippen LogP) is 4.68. The highest BCUT2D eigenvalue weighted by atomic mass is 15.3. The lowest BCUT2D eigenvalue weighted by Gasteiger charge is -2.35. The van der Waals surface area contributed by atoms with Crippen molar-refractivity contribution in [2.45, 2.75) is 0 Å². The van der Waals surface area contributed by atoms with Gasteiger partial charge < -0.3 is 19.7 Å². The second kappa shape index (κ2) is 8.43. The second-order valence-electron chi connectivity index (χ2n) is 8.96. The van der Waals surface area contributed by atoms with E-state index in [4.69, 9.17) is 0 Å². The molecule has 1 aliphatic rings. The number of pyridine rings is 1. The molecule has 0 aliphatic carbocycles. The Kier molecular flexibility index (Phi) is 5.11. The number of anilines is 3. The summed E-state index contributed by atoms with van der Waals surface area (Å²) in [6, 6.07) is 15.0. The maximum Gasteiger partial charge on any atom is 0.0966 e. The molecule has 2 aromatic carbocycles. The molecule has 0 saturated carbocycles. The fraction of sp³-hybridized carbons (Fsp3) is 0.222. The molecule has 1 aliphatic heterocycles. The number of nitrogens with one attached hydrogen (secondary N) is 1. The van der Waals surface area contributed by atoms with Crippen LogP contribution in [0.4, 0.5) is 17.1 Å². The molecule has 3 aromatic heterocycles. The van der Waals surface area contributed by atoms with Gasteiger partial charge in [-0.15, -0.1) is 0 Å². The van der Waals surface area contributed by atoms with Crippen LogP contribution in [0, 0.1) is 0 Å². The van der Waals surface area contributed by atoms with Crippen LogP contribution in [0.3, 0.4) is 0 Å². The van der Waals surface area contributed by atoms with Crippen LogP contribution in [-0.4, -0.2) is 57.6 Å². The summed E-state index contributed by atoms with van der Waals surface area (Å²) < 4.78 is 2.14. The zero-order valence-electron chi connectivity index (χ0n) is 19.4. The number of rotatable bonds is 4. The van der Waals surface area contributed by atoms with Crippen molar-refractivity contribution in [1.29, 1.82) is 0 Å². The van der Waals surface area contributed by atoms with E-state index in [0.717, 1.165) is 59.7 Å². The van der Waals surface area contributed by atoms with Crippen LogP contribution in [0.15, 0.2) is 73.4 Å². The van der Waals surface area contributed by atoms with Gasteiger partial charge in [0.15, 0.2) is 0 Å². The number of fused-ring (bicyclic) bond motifs is 2. The first kappa shape index (κ1) is 20.6. The fourth-order valence-electron chi connectivity index (χ4n) is 4.78. The molecule has 1 N–H and O–H groups in total. The molecule has 0 bridgehead atoms. The summed E-state index contributed by atoms with van der Waals surface area (Å²) in [4.78, 5) is 18.5. The lowest BCUT2D eigenvalue weighted by molar-refractivity contribution is 0.313. The lowest BCUT2D eigenvalue weighted by atomic mass is 10.0. The number of likely N-dealkylation sites (N-methyl/N-ethyl adjacent to an activating group) is 1. The van der Waals surface area contributed by atoms with Crippen molar-refractivity contribution in [3.05, 3.63) is 73.4 Å². The highest BCUT2D eigenvalue weighted by molar-refractivity contribution is 5.97. The summed E-state index contributed by atoms with van der Waals surface area (Å²) in [5, 5.41) is 4.84. The van der Waals surface area contributed by atoms with Gasteiger partial charge in [0.05, 0.1) is 28.6 Å². The largest absolute Gasteiger partial charge is 0.367 e. The van der Waals surface area contributed by atoms with E-state index in [9.17, 15) is 0 Å². The van der Waals surface area contributed by atoms with Crippen molar-refractivity contribution in [3.63, 3.8) is 0 Å². The third-order valence-corrected chi connectivity index (χ3v) is 6.69. The van der Waals surface area contributed by atoms with Crippen LogP contribution in [-0.2, 0) is 7.05 Å². The minimum absolute atomic E-state index is 0.862. The quantitative estimate of drug-likeness (QED) is 0.430. The summed E-state index contributed by atoms with van der Waals surface area (Å²) in [7, 11) is 4.24. The van der Waals surface area contributed by atoms with E-state index in [1.54, 1.807) is 12.4 Å². The van der Waals surface area contributed by atoms with Gasteiger partial charge in [-0.3, -0.25) is 15.0 Å². The van der Waals surface area contributed by atoms with Gasteiger partial charge in [-0.1, -0.05) is 6.07 Å². The smallest absolute Gasteiger partial charge is 0.0966 e. The predicted molar refractivity (Wildman–Crippen MR) is 139 cm³/mol. The SMILES string of the molecule is CN1CCN(c2ccncc2Nc2cc(-c3ccc4c(ccn4C)c3)c3nccnc3c2)CC1. The number of aromatic nitrogens is 4.